The molecule has 3 nitrogen and oxygen atoms in total. The van der Waals surface area contributed by atoms with Crippen LogP contribution in [0.3, 0.4) is 0 Å². The molecule has 0 fully saturated rings. The molecule has 110 valence electrons. The average Bonchev–Trinajstić information content (AvgIpc) is 2.46. The number of ether oxygens (including phenoxy) is 1. The summed E-state index contributed by atoms with van der Waals surface area (Å²) in [6.07, 6.45) is 0. The van der Waals surface area contributed by atoms with Crippen molar-refractivity contribution >= 4 is 34.5 Å². The number of nitrogens with two attached hydrogens (primary N) is 1. The third-order valence-electron chi connectivity index (χ3n) is 3.07. The van der Waals surface area contributed by atoms with Gasteiger partial charge in [0.1, 0.15) is 17.3 Å². The van der Waals surface area contributed by atoms with Crippen molar-refractivity contribution in [3.05, 3.63) is 58.6 Å². The number of nitrogens with zero attached hydrogens (tertiary/aromatic N) is 1. The summed E-state index contributed by atoms with van der Waals surface area (Å²) in [7, 11) is 3.98. The van der Waals surface area contributed by atoms with Crippen molar-refractivity contribution in [1.82, 2.24) is 0 Å². The SMILES string of the molecule is CN(C)c1cccc(OCc2ccc(C(N)=S)cc2Cl)c1. The van der Waals surface area contributed by atoms with E-state index in [1.807, 2.05) is 55.4 Å². The van der Waals surface area contributed by atoms with Crippen LogP contribution in [0.15, 0.2) is 42.5 Å². The van der Waals surface area contributed by atoms with Crippen LogP contribution in [-0.2, 0) is 6.61 Å². The molecule has 0 bridgehead atoms. The van der Waals surface area contributed by atoms with Gasteiger partial charge in [0.2, 0.25) is 0 Å². The van der Waals surface area contributed by atoms with Crippen LogP contribution in [-0.4, -0.2) is 19.1 Å². The fourth-order valence-electron chi connectivity index (χ4n) is 1.83. The zero-order chi connectivity index (χ0) is 15.4. The predicted molar refractivity (Wildman–Crippen MR) is 92.4 cm³/mol. The summed E-state index contributed by atoms with van der Waals surface area (Å²) < 4.78 is 5.79. The third-order valence-corrected chi connectivity index (χ3v) is 3.65. The summed E-state index contributed by atoms with van der Waals surface area (Å²) in [6.45, 7) is 0.396. The molecule has 2 rings (SSSR count). The Morgan fingerprint density at radius 2 is 2.00 bits per heavy atom. The predicted octanol–water partition coefficient (Wildman–Crippen LogP) is 3.62. The van der Waals surface area contributed by atoms with E-state index in [0.717, 1.165) is 22.6 Å². The Bertz CT molecular complexity index is 658. The second-order valence-corrected chi connectivity index (χ2v) is 5.70. The molecule has 0 aliphatic rings. The summed E-state index contributed by atoms with van der Waals surface area (Å²) in [5, 5.41) is 0.601. The first-order valence-corrected chi connectivity index (χ1v) is 7.24. The van der Waals surface area contributed by atoms with E-state index >= 15 is 0 Å². The van der Waals surface area contributed by atoms with E-state index in [9.17, 15) is 0 Å². The van der Waals surface area contributed by atoms with Gasteiger partial charge in [-0.1, -0.05) is 42.0 Å². The van der Waals surface area contributed by atoms with E-state index in [0.29, 0.717) is 16.6 Å². The first-order chi connectivity index (χ1) is 9.97. The monoisotopic (exact) mass is 320 g/mol. The minimum Gasteiger partial charge on any atom is -0.489 e. The fourth-order valence-corrected chi connectivity index (χ4v) is 2.19. The summed E-state index contributed by atoms with van der Waals surface area (Å²) in [5.74, 6) is 0.802. The van der Waals surface area contributed by atoms with E-state index in [1.54, 1.807) is 6.07 Å². The van der Waals surface area contributed by atoms with Crippen LogP contribution >= 0.6 is 23.8 Å². The molecule has 0 aliphatic heterocycles. The Hall–Kier alpha value is -1.78. The third kappa shape index (κ3) is 4.09. The van der Waals surface area contributed by atoms with Crippen molar-refractivity contribution in [3.8, 4) is 5.75 Å². The molecule has 2 aromatic carbocycles. The number of halogens is 1. The van der Waals surface area contributed by atoms with Gasteiger partial charge in [0, 0.05) is 42.0 Å². The molecule has 0 spiro atoms. The van der Waals surface area contributed by atoms with Crippen LogP contribution in [0.4, 0.5) is 5.69 Å². The molecule has 0 saturated heterocycles. The molecule has 0 radical (unpaired) electrons. The molecular weight excluding hydrogens is 304 g/mol. The lowest BCUT2D eigenvalue weighted by molar-refractivity contribution is 0.306. The first-order valence-electron chi connectivity index (χ1n) is 6.46. The highest BCUT2D eigenvalue weighted by Crippen LogP contribution is 2.23. The van der Waals surface area contributed by atoms with Gasteiger partial charge in [-0.15, -0.1) is 0 Å². The van der Waals surface area contributed by atoms with Crippen LogP contribution in [0.2, 0.25) is 5.02 Å². The molecule has 21 heavy (non-hydrogen) atoms. The number of hydrogen-bond donors (Lipinski definition) is 1. The van der Waals surface area contributed by atoms with Gasteiger partial charge in [-0.3, -0.25) is 0 Å². The van der Waals surface area contributed by atoms with Crippen molar-refractivity contribution in [3.63, 3.8) is 0 Å². The van der Waals surface area contributed by atoms with Gasteiger partial charge in [0.25, 0.3) is 0 Å². The zero-order valence-corrected chi connectivity index (χ0v) is 13.5. The van der Waals surface area contributed by atoms with Gasteiger partial charge in [-0.25, -0.2) is 0 Å². The number of thiocarbonyl (C=S) groups is 1. The molecule has 0 atom stereocenters. The van der Waals surface area contributed by atoms with E-state index in [4.69, 9.17) is 34.3 Å². The smallest absolute Gasteiger partial charge is 0.121 e. The number of anilines is 1. The van der Waals surface area contributed by atoms with Crippen molar-refractivity contribution in [2.45, 2.75) is 6.61 Å². The number of rotatable bonds is 5. The maximum absolute atomic E-state index is 6.22. The van der Waals surface area contributed by atoms with E-state index < -0.39 is 0 Å². The molecule has 0 unspecified atom stereocenters. The molecule has 2 aromatic rings. The first kappa shape index (κ1) is 15.6. The van der Waals surface area contributed by atoms with Crippen LogP contribution in [0.1, 0.15) is 11.1 Å². The van der Waals surface area contributed by atoms with E-state index in [1.165, 1.54) is 0 Å². The average molecular weight is 321 g/mol. The molecule has 5 heteroatoms. The van der Waals surface area contributed by atoms with Crippen LogP contribution in [0.25, 0.3) is 0 Å². The van der Waals surface area contributed by atoms with Crippen LogP contribution in [0.5, 0.6) is 5.75 Å². The van der Waals surface area contributed by atoms with Crippen LogP contribution in [0, 0.1) is 0 Å². The van der Waals surface area contributed by atoms with Crippen molar-refractivity contribution < 1.29 is 4.74 Å². The van der Waals surface area contributed by atoms with Gasteiger partial charge in [0.05, 0.1) is 0 Å². The van der Waals surface area contributed by atoms with Crippen LogP contribution < -0.4 is 15.4 Å². The normalized spacial score (nSPS) is 10.2. The minimum atomic E-state index is 0.336. The molecule has 0 saturated carbocycles. The second kappa shape index (κ2) is 6.78. The van der Waals surface area contributed by atoms with E-state index in [-0.39, 0.29) is 0 Å². The summed E-state index contributed by atoms with van der Waals surface area (Å²) in [4.78, 5) is 2.36. The Morgan fingerprint density at radius 3 is 2.62 bits per heavy atom. The Morgan fingerprint density at radius 1 is 1.24 bits per heavy atom. The summed E-state index contributed by atoms with van der Waals surface area (Å²) >= 11 is 11.1. The lowest BCUT2D eigenvalue weighted by Gasteiger charge is -2.14. The van der Waals surface area contributed by atoms with Crippen molar-refractivity contribution in [1.29, 1.82) is 0 Å². The highest BCUT2D eigenvalue weighted by Gasteiger charge is 2.05. The maximum atomic E-state index is 6.22. The largest absolute Gasteiger partial charge is 0.489 e. The number of benzene rings is 2. The van der Waals surface area contributed by atoms with Crippen molar-refractivity contribution in [2.24, 2.45) is 5.73 Å². The Balaban J connectivity index is 2.09. The molecule has 0 heterocycles. The lowest BCUT2D eigenvalue weighted by Crippen LogP contribution is -2.10. The summed E-state index contributed by atoms with van der Waals surface area (Å²) in [6, 6.07) is 13.4. The highest BCUT2D eigenvalue weighted by atomic mass is 35.5. The molecule has 0 aliphatic carbocycles. The van der Waals surface area contributed by atoms with Gasteiger partial charge in [-0.2, -0.15) is 0 Å². The number of hydrogen-bond acceptors (Lipinski definition) is 3. The Labute approximate surface area is 135 Å². The van der Waals surface area contributed by atoms with Gasteiger partial charge in [0.15, 0.2) is 0 Å². The standard InChI is InChI=1S/C16H17ClN2OS/c1-19(2)13-4-3-5-14(9-13)20-10-12-7-6-11(16(18)21)8-15(12)17/h3-9H,10H2,1-2H3,(H2,18,21). The molecule has 2 N–H and O–H groups in total. The topological polar surface area (TPSA) is 38.5 Å². The van der Waals surface area contributed by atoms with Crippen molar-refractivity contribution in [2.75, 3.05) is 19.0 Å². The van der Waals surface area contributed by atoms with Gasteiger partial charge < -0.3 is 15.4 Å². The zero-order valence-electron chi connectivity index (χ0n) is 12.0. The van der Waals surface area contributed by atoms with Gasteiger partial charge >= 0.3 is 0 Å². The lowest BCUT2D eigenvalue weighted by atomic mass is 10.1. The quantitative estimate of drug-likeness (QED) is 0.854. The van der Waals surface area contributed by atoms with Gasteiger partial charge in [-0.05, 0) is 18.2 Å². The molecule has 0 aromatic heterocycles. The molecule has 0 amide bonds. The minimum absolute atomic E-state index is 0.336. The summed E-state index contributed by atoms with van der Waals surface area (Å²) in [5.41, 5.74) is 8.32. The Kier molecular flexibility index (Phi) is 5.04. The highest BCUT2D eigenvalue weighted by molar-refractivity contribution is 7.80. The second-order valence-electron chi connectivity index (χ2n) is 4.85. The fraction of sp³-hybridized carbons (Fsp3) is 0.188. The maximum Gasteiger partial charge on any atom is 0.121 e. The molecular formula is C16H17ClN2OS. The van der Waals surface area contributed by atoms with E-state index in [2.05, 4.69) is 0 Å².